The summed E-state index contributed by atoms with van der Waals surface area (Å²) in [7, 11) is 0. The molecule has 0 saturated heterocycles. The average Bonchev–Trinajstić information content (AvgIpc) is 2.94. The number of carbonyl (C=O) groups is 2. The van der Waals surface area contributed by atoms with Crippen LogP contribution in [-0.4, -0.2) is 155 Å². The van der Waals surface area contributed by atoms with Crippen LogP contribution in [0.2, 0.25) is 0 Å². The Kier molecular flexibility index (Phi) is 28.4. The first kappa shape index (κ1) is 43.2. The number of carbonyl (C=O) groups excluding carboxylic acids is 2. The zero-order valence-electron chi connectivity index (χ0n) is 28.5. The summed E-state index contributed by atoms with van der Waals surface area (Å²) in [6, 6.07) is 0. The van der Waals surface area contributed by atoms with Gasteiger partial charge in [0.15, 0.2) is 0 Å². The van der Waals surface area contributed by atoms with E-state index in [9.17, 15) is 9.59 Å². The molecule has 0 saturated carbocycles. The fourth-order valence-electron chi connectivity index (χ4n) is 3.02. The molecule has 268 valence electrons. The number of ether oxygens (including phenoxy) is 10. The molecule has 2 amide bonds. The summed E-state index contributed by atoms with van der Waals surface area (Å²) in [5.41, 5.74) is -1.02. The van der Waals surface area contributed by atoms with Crippen molar-refractivity contribution >= 4 is 12.2 Å². The lowest BCUT2D eigenvalue weighted by Crippen LogP contribution is -2.34. The van der Waals surface area contributed by atoms with Crippen molar-refractivity contribution < 1.29 is 57.0 Å². The molecule has 0 aromatic heterocycles. The van der Waals surface area contributed by atoms with Crippen LogP contribution in [0.5, 0.6) is 0 Å². The van der Waals surface area contributed by atoms with Gasteiger partial charge in [-0.15, -0.1) is 0 Å². The van der Waals surface area contributed by atoms with Gasteiger partial charge in [0.2, 0.25) is 0 Å². The Labute approximate surface area is 269 Å². The predicted octanol–water partition coefficient (Wildman–Crippen LogP) is 1.76. The molecule has 45 heavy (non-hydrogen) atoms. The molecule has 15 nitrogen and oxygen atoms in total. The molecule has 0 aromatic carbocycles. The van der Waals surface area contributed by atoms with E-state index in [1.165, 1.54) is 0 Å². The normalized spacial score (nSPS) is 11.9. The smallest absolute Gasteiger partial charge is 0.407 e. The van der Waals surface area contributed by atoms with Gasteiger partial charge in [-0.3, -0.25) is 0 Å². The number of alkyl carbamates (subject to hydrolysis) is 2. The molecule has 0 atom stereocenters. The monoisotopic (exact) mass is 655 g/mol. The Hall–Kier alpha value is -1.82. The summed E-state index contributed by atoms with van der Waals surface area (Å²) < 4.78 is 53.9. The van der Waals surface area contributed by atoms with Gasteiger partial charge in [-0.2, -0.15) is 0 Å². The second-order valence-corrected chi connectivity index (χ2v) is 11.5. The molecule has 0 fully saturated rings. The van der Waals surface area contributed by atoms with Gasteiger partial charge >= 0.3 is 12.2 Å². The fourth-order valence-corrected chi connectivity index (χ4v) is 3.02. The highest BCUT2D eigenvalue weighted by molar-refractivity contribution is 5.67. The van der Waals surface area contributed by atoms with Crippen LogP contribution in [0.25, 0.3) is 0 Å². The van der Waals surface area contributed by atoms with Crippen LogP contribution in [0, 0.1) is 0 Å². The number of rotatable bonds is 30. The minimum atomic E-state index is -0.511. The maximum absolute atomic E-state index is 11.5. The van der Waals surface area contributed by atoms with Crippen molar-refractivity contribution in [3.63, 3.8) is 0 Å². The Morgan fingerprint density at radius 1 is 0.378 bits per heavy atom. The summed E-state index contributed by atoms with van der Waals surface area (Å²) in [6.45, 7) is 20.9. The molecule has 3 N–H and O–H groups in total. The van der Waals surface area contributed by atoms with Crippen LogP contribution in [0.1, 0.15) is 41.5 Å². The molecule has 0 aliphatic carbocycles. The fraction of sp³-hybridized carbons (Fsp3) is 0.933. The second kappa shape index (κ2) is 29.6. The maximum Gasteiger partial charge on any atom is 0.407 e. The van der Waals surface area contributed by atoms with Crippen LogP contribution in [0.3, 0.4) is 0 Å². The Morgan fingerprint density at radius 3 is 0.844 bits per heavy atom. The summed E-state index contributed by atoms with van der Waals surface area (Å²) in [4.78, 5) is 23.0. The van der Waals surface area contributed by atoms with E-state index in [0.29, 0.717) is 119 Å². The van der Waals surface area contributed by atoms with Crippen LogP contribution in [-0.2, 0) is 47.4 Å². The van der Waals surface area contributed by atoms with Crippen molar-refractivity contribution in [1.82, 2.24) is 16.0 Å². The molecular weight excluding hydrogens is 594 g/mol. The van der Waals surface area contributed by atoms with Gasteiger partial charge in [0.05, 0.1) is 106 Å². The zero-order valence-corrected chi connectivity index (χ0v) is 28.5. The lowest BCUT2D eigenvalue weighted by molar-refractivity contribution is -0.00304. The van der Waals surface area contributed by atoms with Crippen LogP contribution < -0.4 is 16.0 Å². The highest BCUT2D eigenvalue weighted by Gasteiger charge is 2.16. The number of hydrogen-bond acceptors (Lipinski definition) is 13. The number of amides is 2. The van der Waals surface area contributed by atoms with E-state index < -0.39 is 23.4 Å². The summed E-state index contributed by atoms with van der Waals surface area (Å²) >= 11 is 0. The summed E-state index contributed by atoms with van der Waals surface area (Å²) in [6.07, 6.45) is -0.904. The molecule has 0 bridgehead atoms. The lowest BCUT2D eigenvalue weighted by Gasteiger charge is -2.19. The van der Waals surface area contributed by atoms with E-state index >= 15 is 0 Å². The Bertz CT molecular complexity index is 634. The first-order valence-corrected chi connectivity index (χ1v) is 15.8. The zero-order chi connectivity index (χ0) is 33.5. The largest absolute Gasteiger partial charge is 0.444 e. The van der Waals surface area contributed by atoms with Crippen molar-refractivity contribution in [2.45, 2.75) is 52.7 Å². The number of nitrogens with one attached hydrogen (secondary N) is 3. The van der Waals surface area contributed by atoms with Crippen LogP contribution >= 0.6 is 0 Å². The molecule has 0 rings (SSSR count). The van der Waals surface area contributed by atoms with Gasteiger partial charge in [-0.25, -0.2) is 9.59 Å². The van der Waals surface area contributed by atoms with Gasteiger partial charge < -0.3 is 63.3 Å². The Balaban J connectivity index is 3.15. The van der Waals surface area contributed by atoms with E-state index in [4.69, 9.17) is 47.4 Å². The SMILES string of the molecule is CC(C)(C)OC(=O)NCCOCCOCCOCCOCCNCCOCCOCCOCCOCCNC(=O)OC(C)(C)C. The third-order valence-electron chi connectivity index (χ3n) is 4.91. The molecule has 0 aliphatic rings. The third kappa shape index (κ3) is 38.3. The van der Waals surface area contributed by atoms with E-state index in [1.807, 2.05) is 41.5 Å². The molecule has 0 aliphatic heterocycles. The first-order chi connectivity index (χ1) is 21.5. The highest BCUT2D eigenvalue weighted by Crippen LogP contribution is 2.06. The second-order valence-electron chi connectivity index (χ2n) is 11.5. The van der Waals surface area contributed by atoms with Crippen molar-refractivity contribution in [2.24, 2.45) is 0 Å². The van der Waals surface area contributed by atoms with Crippen molar-refractivity contribution in [3.8, 4) is 0 Å². The lowest BCUT2D eigenvalue weighted by atomic mass is 10.2. The van der Waals surface area contributed by atoms with Gasteiger partial charge in [0.25, 0.3) is 0 Å². The minimum absolute atomic E-state index is 0.384. The van der Waals surface area contributed by atoms with Crippen LogP contribution in [0.4, 0.5) is 9.59 Å². The topological polar surface area (TPSA) is 163 Å². The Morgan fingerprint density at radius 2 is 0.600 bits per heavy atom. The first-order valence-electron chi connectivity index (χ1n) is 15.8. The number of hydrogen-bond donors (Lipinski definition) is 3. The van der Waals surface area contributed by atoms with Gasteiger partial charge in [-0.1, -0.05) is 0 Å². The molecule has 0 heterocycles. The van der Waals surface area contributed by atoms with Crippen molar-refractivity contribution in [1.29, 1.82) is 0 Å². The standard InChI is InChI=1S/C30H61N3O12/c1-29(2,3)44-27(34)32-9-13-38-17-21-42-25-23-40-19-15-36-11-7-31-8-12-37-16-20-41-24-26-43-22-18-39-14-10-33-28(35)45-30(4,5)6/h31H,7-26H2,1-6H3,(H,32,34)(H,33,35). The van der Waals surface area contributed by atoms with Crippen LogP contribution in [0.15, 0.2) is 0 Å². The molecular formula is C30H61N3O12. The summed E-state index contributed by atoms with van der Waals surface area (Å²) in [5, 5.41) is 8.51. The third-order valence-corrected chi connectivity index (χ3v) is 4.91. The molecule has 0 spiro atoms. The molecule has 0 unspecified atom stereocenters. The maximum atomic E-state index is 11.5. The quantitative estimate of drug-likeness (QED) is 0.0961. The minimum Gasteiger partial charge on any atom is -0.444 e. The van der Waals surface area contributed by atoms with E-state index in [1.54, 1.807) is 0 Å². The van der Waals surface area contributed by atoms with Gasteiger partial charge in [0, 0.05) is 26.2 Å². The highest BCUT2D eigenvalue weighted by atomic mass is 16.6. The van der Waals surface area contributed by atoms with Crippen molar-refractivity contribution in [2.75, 3.05) is 132 Å². The molecule has 15 heteroatoms. The molecule has 0 radical (unpaired) electrons. The summed E-state index contributed by atoms with van der Waals surface area (Å²) in [5.74, 6) is 0. The van der Waals surface area contributed by atoms with Gasteiger partial charge in [0.1, 0.15) is 11.2 Å². The molecule has 0 aromatic rings. The average molecular weight is 656 g/mol. The van der Waals surface area contributed by atoms with E-state index in [-0.39, 0.29) is 0 Å². The predicted molar refractivity (Wildman–Crippen MR) is 168 cm³/mol. The van der Waals surface area contributed by atoms with E-state index in [2.05, 4.69) is 16.0 Å². The van der Waals surface area contributed by atoms with Crippen molar-refractivity contribution in [3.05, 3.63) is 0 Å². The van der Waals surface area contributed by atoms with Gasteiger partial charge in [-0.05, 0) is 41.5 Å². The van der Waals surface area contributed by atoms with E-state index in [0.717, 1.165) is 13.1 Å².